The molecule has 0 spiro atoms. The molecule has 0 aliphatic carbocycles. The van der Waals surface area contributed by atoms with Gasteiger partial charge in [-0.05, 0) is 52.3 Å². The molecule has 2 aromatic heterocycles. The van der Waals surface area contributed by atoms with E-state index in [2.05, 4.69) is 31.2 Å². The number of hydrogen-bond donors (Lipinski definition) is 1. The summed E-state index contributed by atoms with van der Waals surface area (Å²) in [7, 11) is 0. The highest BCUT2D eigenvalue weighted by molar-refractivity contribution is 9.10. The maximum absolute atomic E-state index is 12.3. The molecule has 0 fully saturated rings. The first-order chi connectivity index (χ1) is 10.1. The van der Waals surface area contributed by atoms with E-state index in [4.69, 9.17) is 11.6 Å². The molecule has 1 amide bonds. The number of anilines is 1. The Kier molecular flexibility index (Phi) is 3.86. The summed E-state index contributed by atoms with van der Waals surface area (Å²) in [6, 6.07) is 10.4. The molecule has 0 aliphatic heterocycles. The van der Waals surface area contributed by atoms with Gasteiger partial charge in [-0.25, -0.2) is 4.98 Å². The lowest BCUT2D eigenvalue weighted by Crippen LogP contribution is -2.12. The summed E-state index contributed by atoms with van der Waals surface area (Å²) in [5.74, 6) is -0.229. The lowest BCUT2D eigenvalue weighted by Gasteiger charge is -2.09. The maximum Gasteiger partial charge on any atom is 0.255 e. The summed E-state index contributed by atoms with van der Waals surface area (Å²) in [5.41, 5.74) is 1.79. The van der Waals surface area contributed by atoms with E-state index < -0.39 is 0 Å². The van der Waals surface area contributed by atoms with Crippen LogP contribution in [0.4, 0.5) is 5.69 Å². The van der Waals surface area contributed by atoms with Crippen LogP contribution in [0, 0.1) is 0 Å². The number of halogens is 2. The van der Waals surface area contributed by atoms with Crippen LogP contribution in [0.25, 0.3) is 10.9 Å². The third-order valence-electron chi connectivity index (χ3n) is 2.95. The van der Waals surface area contributed by atoms with Crippen LogP contribution in [0.3, 0.4) is 0 Å². The Labute approximate surface area is 134 Å². The topological polar surface area (TPSA) is 54.9 Å². The first-order valence-corrected chi connectivity index (χ1v) is 7.28. The lowest BCUT2D eigenvalue weighted by atomic mass is 10.1. The molecule has 0 bridgehead atoms. The zero-order valence-electron chi connectivity index (χ0n) is 10.7. The van der Waals surface area contributed by atoms with Crippen LogP contribution >= 0.6 is 27.5 Å². The van der Waals surface area contributed by atoms with Crippen molar-refractivity contribution in [2.45, 2.75) is 0 Å². The summed E-state index contributed by atoms with van der Waals surface area (Å²) in [6.45, 7) is 0. The van der Waals surface area contributed by atoms with Gasteiger partial charge < -0.3 is 5.32 Å². The number of nitrogens with one attached hydrogen (secondary N) is 1. The predicted octanol–water partition coefficient (Wildman–Crippen LogP) is 4.30. The zero-order chi connectivity index (χ0) is 14.8. The van der Waals surface area contributed by atoms with E-state index in [9.17, 15) is 4.79 Å². The molecule has 4 nitrogen and oxygen atoms in total. The van der Waals surface area contributed by atoms with Crippen molar-refractivity contribution in [3.8, 4) is 0 Å². The molecule has 1 N–H and O–H groups in total. The Morgan fingerprint density at radius 1 is 1.14 bits per heavy atom. The van der Waals surface area contributed by atoms with E-state index in [1.54, 1.807) is 42.7 Å². The molecule has 0 atom stereocenters. The average molecular weight is 363 g/mol. The summed E-state index contributed by atoms with van der Waals surface area (Å²) in [4.78, 5) is 20.6. The van der Waals surface area contributed by atoms with Crippen LogP contribution in [-0.4, -0.2) is 15.9 Å². The Hall–Kier alpha value is -1.98. The molecule has 104 valence electrons. The molecule has 6 heteroatoms. The van der Waals surface area contributed by atoms with Crippen molar-refractivity contribution in [2.24, 2.45) is 0 Å². The molecule has 0 unspecified atom stereocenters. The smallest absolute Gasteiger partial charge is 0.255 e. The van der Waals surface area contributed by atoms with Crippen molar-refractivity contribution in [1.29, 1.82) is 0 Å². The quantitative estimate of drug-likeness (QED) is 0.692. The zero-order valence-corrected chi connectivity index (χ0v) is 13.0. The number of rotatable bonds is 2. The molecule has 0 saturated heterocycles. The highest BCUT2D eigenvalue weighted by Gasteiger charge is 2.11. The van der Waals surface area contributed by atoms with Crippen LogP contribution < -0.4 is 5.32 Å². The van der Waals surface area contributed by atoms with E-state index in [1.165, 1.54) is 0 Å². The van der Waals surface area contributed by atoms with Gasteiger partial charge in [0.1, 0.15) is 4.60 Å². The lowest BCUT2D eigenvalue weighted by molar-refractivity contribution is 0.102. The van der Waals surface area contributed by atoms with Gasteiger partial charge in [0.05, 0.1) is 16.2 Å². The van der Waals surface area contributed by atoms with Gasteiger partial charge in [-0.1, -0.05) is 11.6 Å². The Morgan fingerprint density at radius 2 is 2.00 bits per heavy atom. The maximum atomic E-state index is 12.3. The molecule has 21 heavy (non-hydrogen) atoms. The van der Waals surface area contributed by atoms with Crippen molar-refractivity contribution in [3.63, 3.8) is 0 Å². The van der Waals surface area contributed by atoms with Gasteiger partial charge in [-0.15, -0.1) is 0 Å². The number of carbonyl (C=O) groups is 1. The van der Waals surface area contributed by atoms with Crippen LogP contribution in [-0.2, 0) is 0 Å². The predicted molar refractivity (Wildman–Crippen MR) is 86.6 cm³/mol. The largest absolute Gasteiger partial charge is 0.320 e. The van der Waals surface area contributed by atoms with Gasteiger partial charge in [-0.2, -0.15) is 0 Å². The normalized spacial score (nSPS) is 10.6. The summed E-state index contributed by atoms with van der Waals surface area (Å²) < 4.78 is 0.606. The van der Waals surface area contributed by atoms with Crippen molar-refractivity contribution >= 4 is 50.0 Å². The minimum atomic E-state index is -0.229. The van der Waals surface area contributed by atoms with E-state index in [1.807, 2.05) is 6.07 Å². The third-order valence-corrected chi connectivity index (χ3v) is 3.72. The summed E-state index contributed by atoms with van der Waals surface area (Å²) in [5, 5.41) is 4.25. The fraction of sp³-hybridized carbons (Fsp3) is 0. The molecule has 2 heterocycles. The number of hydrogen-bond acceptors (Lipinski definition) is 3. The number of fused-ring (bicyclic) bond motifs is 1. The fourth-order valence-electron chi connectivity index (χ4n) is 1.98. The highest BCUT2D eigenvalue weighted by atomic mass is 79.9. The average Bonchev–Trinajstić information content (AvgIpc) is 2.50. The monoisotopic (exact) mass is 361 g/mol. The van der Waals surface area contributed by atoms with E-state index in [0.717, 1.165) is 5.39 Å². The van der Waals surface area contributed by atoms with Crippen LogP contribution in [0.15, 0.2) is 53.4 Å². The minimum absolute atomic E-state index is 0.229. The Balaban J connectivity index is 1.99. The molecule has 0 aliphatic rings. The molecular weight excluding hydrogens is 354 g/mol. The summed E-state index contributed by atoms with van der Waals surface area (Å²) >= 11 is 9.38. The Bertz CT molecular complexity index is 838. The number of pyridine rings is 2. The van der Waals surface area contributed by atoms with Gasteiger partial charge in [0, 0.05) is 23.3 Å². The van der Waals surface area contributed by atoms with Crippen molar-refractivity contribution < 1.29 is 4.79 Å². The number of nitrogens with zero attached hydrogens (tertiary/aromatic N) is 2. The van der Waals surface area contributed by atoms with Crippen LogP contribution in [0.5, 0.6) is 0 Å². The van der Waals surface area contributed by atoms with Gasteiger partial charge in [-0.3, -0.25) is 9.78 Å². The number of benzene rings is 1. The first kappa shape index (κ1) is 14.0. The molecule has 0 saturated carbocycles. The molecule has 3 aromatic rings. The molecule has 0 radical (unpaired) electrons. The van der Waals surface area contributed by atoms with Crippen molar-refractivity contribution in [3.05, 3.63) is 64.0 Å². The minimum Gasteiger partial charge on any atom is -0.320 e. The van der Waals surface area contributed by atoms with Gasteiger partial charge in [0.25, 0.3) is 5.91 Å². The number of carbonyl (C=O) groups excluding carboxylic acids is 1. The third kappa shape index (κ3) is 2.89. The second-order valence-corrected chi connectivity index (χ2v) is 5.54. The molecular formula is C15H9BrClN3O. The Morgan fingerprint density at radius 3 is 2.81 bits per heavy atom. The second-order valence-electron chi connectivity index (χ2n) is 4.32. The second kappa shape index (κ2) is 5.79. The van der Waals surface area contributed by atoms with Gasteiger partial charge in [0.15, 0.2) is 0 Å². The van der Waals surface area contributed by atoms with Crippen LogP contribution in [0.2, 0.25) is 5.02 Å². The van der Waals surface area contributed by atoms with E-state index in [-0.39, 0.29) is 5.91 Å². The summed E-state index contributed by atoms with van der Waals surface area (Å²) in [6.07, 6.45) is 3.23. The fourth-order valence-corrected chi connectivity index (χ4v) is 2.56. The van der Waals surface area contributed by atoms with E-state index in [0.29, 0.717) is 26.4 Å². The van der Waals surface area contributed by atoms with Crippen molar-refractivity contribution in [1.82, 2.24) is 9.97 Å². The number of amides is 1. The molecule has 3 rings (SSSR count). The SMILES string of the molecule is O=C(Nc1ccc(Cl)c2cccnc12)c1ccnc(Br)c1. The first-order valence-electron chi connectivity index (χ1n) is 6.11. The number of aromatic nitrogens is 2. The van der Waals surface area contributed by atoms with Crippen LogP contribution in [0.1, 0.15) is 10.4 Å². The van der Waals surface area contributed by atoms with E-state index >= 15 is 0 Å². The van der Waals surface area contributed by atoms with Gasteiger partial charge in [0.2, 0.25) is 0 Å². The highest BCUT2D eigenvalue weighted by Crippen LogP contribution is 2.28. The van der Waals surface area contributed by atoms with Crippen molar-refractivity contribution in [2.75, 3.05) is 5.32 Å². The molecule has 1 aromatic carbocycles. The van der Waals surface area contributed by atoms with Gasteiger partial charge >= 0.3 is 0 Å². The standard InChI is InChI=1S/C15H9BrClN3O/c16-13-8-9(5-7-18-13)15(21)20-12-4-3-11(17)10-2-1-6-19-14(10)12/h1-8H,(H,20,21).